The van der Waals surface area contributed by atoms with E-state index in [1.54, 1.807) is 19.1 Å². The van der Waals surface area contributed by atoms with Gasteiger partial charge in [-0.15, -0.1) is 12.4 Å². The Bertz CT molecular complexity index is 448. The molecule has 1 atom stereocenters. The van der Waals surface area contributed by atoms with Gasteiger partial charge in [-0.25, -0.2) is 0 Å². The summed E-state index contributed by atoms with van der Waals surface area (Å²) in [7, 11) is 0. The van der Waals surface area contributed by atoms with Crippen molar-refractivity contribution < 1.29 is 18.3 Å². The Morgan fingerprint density at radius 3 is 2.40 bits per heavy atom. The van der Waals surface area contributed by atoms with Crippen LogP contribution >= 0.6 is 12.4 Å². The Morgan fingerprint density at radius 2 is 1.85 bits per heavy atom. The molecule has 0 spiro atoms. The number of phenols is 1. The molecule has 2 rings (SSSR count). The van der Waals surface area contributed by atoms with Crippen LogP contribution in [-0.4, -0.2) is 42.4 Å². The number of piperazine rings is 1. The summed E-state index contributed by atoms with van der Waals surface area (Å²) in [5.41, 5.74) is 0.399. The molecular formula is C13H18ClF3N2O. The van der Waals surface area contributed by atoms with Gasteiger partial charge in [-0.2, -0.15) is 13.2 Å². The molecule has 1 aliphatic rings. The first-order chi connectivity index (χ1) is 8.91. The van der Waals surface area contributed by atoms with E-state index < -0.39 is 12.2 Å². The maximum absolute atomic E-state index is 13.3. The van der Waals surface area contributed by atoms with Crippen molar-refractivity contribution in [3.8, 4) is 5.75 Å². The predicted molar refractivity (Wildman–Crippen MR) is 73.3 cm³/mol. The number of para-hydroxylation sites is 1. The van der Waals surface area contributed by atoms with Gasteiger partial charge in [0.1, 0.15) is 11.8 Å². The lowest BCUT2D eigenvalue weighted by Crippen LogP contribution is -2.49. The largest absolute Gasteiger partial charge is 0.507 e. The molecule has 2 N–H and O–H groups in total. The molecule has 1 aromatic carbocycles. The zero-order chi connectivity index (χ0) is 14.0. The van der Waals surface area contributed by atoms with Gasteiger partial charge < -0.3 is 10.4 Å². The Morgan fingerprint density at radius 1 is 1.25 bits per heavy atom. The fraction of sp³-hybridized carbons (Fsp3) is 0.538. The number of rotatable bonds is 2. The van der Waals surface area contributed by atoms with Crippen molar-refractivity contribution in [2.24, 2.45) is 0 Å². The minimum Gasteiger partial charge on any atom is -0.507 e. The SMILES string of the molecule is Cc1cccc([C@@H](N2CCNCC2)C(F)(F)F)c1O.Cl. The summed E-state index contributed by atoms with van der Waals surface area (Å²) in [4.78, 5) is 1.37. The van der Waals surface area contributed by atoms with Crippen LogP contribution in [0.25, 0.3) is 0 Å². The first kappa shape index (κ1) is 17.1. The number of alkyl halides is 3. The lowest BCUT2D eigenvalue weighted by Gasteiger charge is -2.36. The molecule has 0 aromatic heterocycles. The molecule has 0 radical (unpaired) electrons. The highest BCUT2D eigenvalue weighted by Crippen LogP contribution is 2.42. The van der Waals surface area contributed by atoms with Crippen LogP contribution in [0.5, 0.6) is 5.75 Å². The van der Waals surface area contributed by atoms with Gasteiger partial charge in [0, 0.05) is 31.7 Å². The fourth-order valence-corrected chi connectivity index (χ4v) is 2.42. The van der Waals surface area contributed by atoms with Gasteiger partial charge in [-0.05, 0) is 12.5 Å². The summed E-state index contributed by atoms with van der Waals surface area (Å²) in [6, 6.07) is 2.76. The first-order valence-electron chi connectivity index (χ1n) is 6.21. The van der Waals surface area contributed by atoms with Crippen molar-refractivity contribution >= 4 is 12.4 Å². The van der Waals surface area contributed by atoms with Gasteiger partial charge in [-0.3, -0.25) is 4.90 Å². The highest BCUT2D eigenvalue weighted by Gasteiger charge is 2.46. The lowest BCUT2D eigenvalue weighted by molar-refractivity contribution is -0.188. The average Bonchev–Trinajstić information content (AvgIpc) is 2.35. The second kappa shape index (κ2) is 6.65. The van der Waals surface area contributed by atoms with Crippen LogP contribution in [-0.2, 0) is 0 Å². The van der Waals surface area contributed by atoms with Gasteiger partial charge in [-0.1, -0.05) is 18.2 Å². The van der Waals surface area contributed by atoms with Crippen molar-refractivity contribution in [2.75, 3.05) is 26.2 Å². The number of nitrogens with one attached hydrogen (secondary N) is 1. The second-order valence-electron chi connectivity index (χ2n) is 4.74. The Kier molecular flexibility index (Phi) is 5.68. The van der Waals surface area contributed by atoms with Crippen LogP contribution in [0.4, 0.5) is 13.2 Å². The molecule has 1 aliphatic heterocycles. The quantitative estimate of drug-likeness (QED) is 0.881. The summed E-state index contributed by atoms with van der Waals surface area (Å²) >= 11 is 0. The third-order valence-corrected chi connectivity index (χ3v) is 3.39. The topological polar surface area (TPSA) is 35.5 Å². The number of nitrogens with zero attached hydrogens (tertiary/aromatic N) is 1. The number of hydrogen-bond donors (Lipinski definition) is 2. The van der Waals surface area contributed by atoms with E-state index in [4.69, 9.17) is 0 Å². The van der Waals surface area contributed by atoms with Gasteiger partial charge in [0.25, 0.3) is 0 Å². The van der Waals surface area contributed by atoms with E-state index in [2.05, 4.69) is 5.32 Å². The summed E-state index contributed by atoms with van der Waals surface area (Å²) in [5.74, 6) is -0.261. The summed E-state index contributed by atoms with van der Waals surface area (Å²) in [6.45, 7) is 3.29. The Hall–Kier alpha value is -0.980. The summed E-state index contributed by atoms with van der Waals surface area (Å²) in [5, 5.41) is 12.9. The Balaban J connectivity index is 0.00000200. The van der Waals surface area contributed by atoms with Crippen molar-refractivity contribution in [3.05, 3.63) is 29.3 Å². The number of benzene rings is 1. The molecule has 1 fully saturated rings. The third kappa shape index (κ3) is 3.56. The van der Waals surface area contributed by atoms with E-state index in [9.17, 15) is 18.3 Å². The van der Waals surface area contributed by atoms with Crippen LogP contribution in [0.1, 0.15) is 17.2 Å². The third-order valence-electron chi connectivity index (χ3n) is 3.39. The van der Waals surface area contributed by atoms with Crippen LogP contribution in [0.3, 0.4) is 0 Å². The van der Waals surface area contributed by atoms with E-state index in [0.29, 0.717) is 31.7 Å². The molecule has 1 heterocycles. The Labute approximate surface area is 122 Å². The van der Waals surface area contributed by atoms with Crippen molar-refractivity contribution in [1.82, 2.24) is 10.2 Å². The van der Waals surface area contributed by atoms with Gasteiger partial charge in [0.2, 0.25) is 0 Å². The minimum atomic E-state index is -4.40. The van der Waals surface area contributed by atoms with Crippen LogP contribution in [0.2, 0.25) is 0 Å². The molecule has 114 valence electrons. The van der Waals surface area contributed by atoms with E-state index in [1.165, 1.54) is 11.0 Å². The summed E-state index contributed by atoms with van der Waals surface area (Å²) < 4.78 is 40.0. The number of hydrogen-bond acceptors (Lipinski definition) is 3. The van der Waals surface area contributed by atoms with Gasteiger partial charge in [0.15, 0.2) is 0 Å². The molecule has 20 heavy (non-hydrogen) atoms. The van der Waals surface area contributed by atoms with Crippen molar-refractivity contribution in [2.45, 2.75) is 19.1 Å². The fourth-order valence-electron chi connectivity index (χ4n) is 2.42. The molecule has 1 saturated heterocycles. The van der Waals surface area contributed by atoms with Gasteiger partial charge in [0.05, 0.1) is 0 Å². The number of halogens is 4. The number of phenolic OH excluding ortho intramolecular Hbond substituents is 1. The average molecular weight is 311 g/mol. The van der Waals surface area contributed by atoms with Crippen molar-refractivity contribution in [1.29, 1.82) is 0 Å². The van der Waals surface area contributed by atoms with Crippen LogP contribution < -0.4 is 5.32 Å². The monoisotopic (exact) mass is 310 g/mol. The highest BCUT2D eigenvalue weighted by molar-refractivity contribution is 5.85. The second-order valence-corrected chi connectivity index (χ2v) is 4.74. The molecule has 0 amide bonds. The zero-order valence-corrected chi connectivity index (χ0v) is 11.9. The van der Waals surface area contributed by atoms with E-state index in [-0.39, 0.29) is 23.7 Å². The molecule has 0 unspecified atom stereocenters. The van der Waals surface area contributed by atoms with Gasteiger partial charge >= 0.3 is 6.18 Å². The molecule has 0 saturated carbocycles. The van der Waals surface area contributed by atoms with E-state index >= 15 is 0 Å². The molecular weight excluding hydrogens is 293 g/mol. The minimum absolute atomic E-state index is 0. The number of aromatic hydroxyl groups is 1. The predicted octanol–water partition coefficient (Wildman–Crippen LogP) is 2.63. The normalized spacial score (nSPS) is 18.4. The zero-order valence-electron chi connectivity index (χ0n) is 11.1. The lowest BCUT2D eigenvalue weighted by atomic mass is 10.00. The maximum atomic E-state index is 13.3. The molecule has 1 aromatic rings. The highest BCUT2D eigenvalue weighted by atomic mass is 35.5. The van der Waals surface area contributed by atoms with Crippen LogP contribution in [0.15, 0.2) is 18.2 Å². The first-order valence-corrected chi connectivity index (χ1v) is 6.21. The standard InChI is InChI=1S/C13H17F3N2O.ClH/c1-9-3-2-4-10(11(9)19)12(13(14,15)16)18-7-5-17-6-8-18;/h2-4,12,17,19H,5-8H2,1H3;1H/t12-;/m1./s1. The smallest absolute Gasteiger partial charge is 0.408 e. The number of aryl methyl sites for hydroxylation is 1. The van der Waals surface area contributed by atoms with E-state index in [1.807, 2.05) is 0 Å². The van der Waals surface area contributed by atoms with E-state index in [0.717, 1.165) is 0 Å². The summed E-state index contributed by atoms with van der Waals surface area (Å²) in [6.07, 6.45) is -4.40. The molecule has 3 nitrogen and oxygen atoms in total. The van der Waals surface area contributed by atoms with Crippen LogP contribution in [0, 0.1) is 6.92 Å². The molecule has 7 heteroatoms. The molecule has 0 aliphatic carbocycles. The maximum Gasteiger partial charge on any atom is 0.408 e. The van der Waals surface area contributed by atoms with Crippen molar-refractivity contribution in [3.63, 3.8) is 0 Å². The molecule has 0 bridgehead atoms.